The van der Waals surface area contributed by atoms with Crippen molar-refractivity contribution in [3.05, 3.63) is 29.8 Å². The zero-order valence-corrected chi connectivity index (χ0v) is 7.53. The minimum absolute atomic E-state index is 0.351. The normalized spacial score (nSPS) is 25.5. The van der Waals surface area contributed by atoms with Crippen LogP contribution in [0.2, 0.25) is 0 Å². The lowest BCUT2D eigenvalue weighted by Crippen LogP contribution is -2.31. The number of para-hydroxylation sites is 1. The first-order valence-corrected chi connectivity index (χ1v) is 4.05. The molecule has 0 N–H and O–H groups in total. The fourth-order valence-electron chi connectivity index (χ4n) is 1.45. The van der Waals surface area contributed by atoms with Crippen molar-refractivity contribution in [2.75, 3.05) is 7.11 Å². The number of esters is 1. The van der Waals surface area contributed by atoms with E-state index in [2.05, 4.69) is 0 Å². The second-order valence-corrected chi connectivity index (χ2v) is 3.12. The summed E-state index contributed by atoms with van der Waals surface area (Å²) in [4.78, 5) is 11.4. The predicted molar refractivity (Wildman–Crippen MR) is 46.4 cm³/mol. The van der Waals surface area contributed by atoms with Crippen LogP contribution in [0.3, 0.4) is 0 Å². The molecule has 1 heterocycles. The number of ether oxygens (including phenoxy) is 2. The third kappa shape index (κ3) is 0.971. The number of hydrogen-bond acceptors (Lipinski definition) is 3. The lowest BCUT2D eigenvalue weighted by molar-refractivity contribution is -0.153. The summed E-state index contributed by atoms with van der Waals surface area (Å²) in [6, 6.07) is 7.28. The highest BCUT2D eigenvalue weighted by Gasteiger charge is 2.45. The van der Waals surface area contributed by atoms with Gasteiger partial charge < -0.3 is 9.47 Å². The van der Waals surface area contributed by atoms with E-state index >= 15 is 0 Å². The van der Waals surface area contributed by atoms with E-state index in [1.165, 1.54) is 7.11 Å². The van der Waals surface area contributed by atoms with Crippen molar-refractivity contribution in [2.45, 2.75) is 12.5 Å². The lowest BCUT2D eigenvalue weighted by atomic mass is 9.98. The first-order chi connectivity index (χ1) is 6.18. The van der Waals surface area contributed by atoms with Gasteiger partial charge in [0.2, 0.25) is 0 Å². The molecule has 1 aromatic carbocycles. The number of fused-ring (bicyclic) bond motifs is 1. The molecule has 3 nitrogen and oxygen atoms in total. The summed E-state index contributed by atoms with van der Waals surface area (Å²) in [6.45, 7) is 1.71. The monoisotopic (exact) mass is 178 g/mol. The molecule has 0 spiro atoms. The zero-order valence-electron chi connectivity index (χ0n) is 7.53. The summed E-state index contributed by atoms with van der Waals surface area (Å²) in [5.41, 5.74) is -0.140. The van der Waals surface area contributed by atoms with Gasteiger partial charge in [0.05, 0.1) is 0 Å². The topological polar surface area (TPSA) is 35.5 Å². The Balaban J connectivity index is 2.59. The molecule has 1 aromatic rings. The Bertz CT molecular complexity index is 359. The number of benzene rings is 1. The summed E-state index contributed by atoms with van der Waals surface area (Å²) >= 11 is 0. The summed E-state index contributed by atoms with van der Waals surface area (Å²) in [7, 11) is 1.50. The van der Waals surface area contributed by atoms with Gasteiger partial charge in [-0.05, 0) is 13.0 Å². The molecular weight excluding hydrogens is 168 g/mol. The maximum absolute atomic E-state index is 11.4. The van der Waals surface area contributed by atoms with E-state index in [1.807, 2.05) is 18.2 Å². The molecule has 3 heteroatoms. The predicted octanol–water partition coefficient (Wildman–Crippen LogP) is 1.47. The minimum Gasteiger partial charge on any atom is -0.424 e. The van der Waals surface area contributed by atoms with Crippen molar-refractivity contribution in [1.82, 2.24) is 0 Å². The van der Waals surface area contributed by atoms with Crippen molar-refractivity contribution in [1.29, 1.82) is 0 Å². The van der Waals surface area contributed by atoms with Gasteiger partial charge in [0.25, 0.3) is 0 Å². The molecule has 1 aliphatic rings. The molecule has 1 atom stereocenters. The van der Waals surface area contributed by atoms with Crippen molar-refractivity contribution in [3.63, 3.8) is 0 Å². The molecule has 0 bridgehead atoms. The van der Waals surface area contributed by atoms with Crippen LogP contribution < -0.4 is 4.74 Å². The smallest absolute Gasteiger partial charge is 0.348 e. The average molecular weight is 178 g/mol. The molecule has 1 unspecified atom stereocenters. The average Bonchev–Trinajstić information content (AvgIpc) is 2.41. The van der Waals surface area contributed by atoms with Crippen LogP contribution >= 0.6 is 0 Å². The van der Waals surface area contributed by atoms with Crippen LogP contribution in [0, 0.1) is 0 Å². The van der Waals surface area contributed by atoms with Gasteiger partial charge in [0.15, 0.2) is 5.60 Å². The standard InChI is InChI=1S/C10H10O3/c1-10(12-2)7-5-3-4-6-8(7)13-9(10)11/h3-6H,1-2H3. The summed E-state index contributed by atoms with van der Waals surface area (Å²) in [5, 5.41) is 0. The molecule has 13 heavy (non-hydrogen) atoms. The Morgan fingerprint density at radius 3 is 2.77 bits per heavy atom. The molecule has 0 aliphatic carbocycles. The highest BCUT2D eigenvalue weighted by Crippen LogP contribution is 2.39. The highest BCUT2D eigenvalue weighted by molar-refractivity contribution is 5.88. The van der Waals surface area contributed by atoms with E-state index in [0.29, 0.717) is 5.75 Å². The number of rotatable bonds is 1. The van der Waals surface area contributed by atoms with Crippen molar-refractivity contribution >= 4 is 5.97 Å². The minimum atomic E-state index is -0.934. The van der Waals surface area contributed by atoms with Crippen LogP contribution in [-0.2, 0) is 15.1 Å². The molecule has 0 radical (unpaired) electrons. The van der Waals surface area contributed by atoms with Crippen LogP contribution in [0.25, 0.3) is 0 Å². The van der Waals surface area contributed by atoms with Gasteiger partial charge in [-0.25, -0.2) is 4.79 Å². The third-order valence-corrected chi connectivity index (χ3v) is 2.40. The van der Waals surface area contributed by atoms with Gasteiger partial charge in [-0.1, -0.05) is 18.2 Å². The van der Waals surface area contributed by atoms with Gasteiger partial charge in [0, 0.05) is 12.7 Å². The molecule has 0 saturated heterocycles. The Morgan fingerprint density at radius 1 is 1.38 bits per heavy atom. The number of carbonyl (C=O) groups is 1. The third-order valence-electron chi connectivity index (χ3n) is 2.40. The first kappa shape index (κ1) is 8.26. The molecule has 2 rings (SSSR count). The van der Waals surface area contributed by atoms with Gasteiger partial charge in [-0.15, -0.1) is 0 Å². The second kappa shape index (κ2) is 2.57. The number of carbonyl (C=O) groups excluding carboxylic acids is 1. The van der Waals surface area contributed by atoms with E-state index < -0.39 is 5.60 Å². The molecule has 0 fully saturated rings. The molecule has 68 valence electrons. The van der Waals surface area contributed by atoms with Gasteiger partial charge in [-0.3, -0.25) is 0 Å². The van der Waals surface area contributed by atoms with E-state index in [0.717, 1.165) is 5.56 Å². The Kier molecular flexibility index (Phi) is 1.63. The van der Waals surface area contributed by atoms with Gasteiger partial charge in [0.1, 0.15) is 5.75 Å². The summed E-state index contributed by atoms with van der Waals surface area (Å²) in [6.07, 6.45) is 0. The molecule has 0 saturated carbocycles. The van der Waals surface area contributed by atoms with E-state index in [9.17, 15) is 4.79 Å². The fraction of sp³-hybridized carbons (Fsp3) is 0.300. The van der Waals surface area contributed by atoms with E-state index in [-0.39, 0.29) is 5.97 Å². The largest absolute Gasteiger partial charge is 0.424 e. The molecule has 0 aromatic heterocycles. The Hall–Kier alpha value is -1.35. The van der Waals surface area contributed by atoms with Crippen molar-refractivity contribution in [2.24, 2.45) is 0 Å². The quantitative estimate of drug-likeness (QED) is 0.482. The van der Waals surface area contributed by atoms with Crippen LogP contribution in [0.1, 0.15) is 12.5 Å². The maximum atomic E-state index is 11.4. The van der Waals surface area contributed by atoms with Gasteiger partial charge >= 0.3 is 5.97 Å². The van der Waals surface area contributed by atoms with Gasteiger partial charge in [-0.2, -0.15) is 0 Å². The molecule has 0 amide bonds. The molecular formula is C10H10O3. The number of hydrogen-bond donors (Lipinski definition) is 0. The second-order valence-electron chi connectivity index (χ2n) is 3.12. The number of methoxy groups -OCH3 is 1. The Morgan fingerprint density at radius 2 is 2.08 bits per heavy atom. The summed E-state index contributed by atoms with van der Waals surface area (Å²) in [5.74, 6) is 0.244. The van der Waals surface area contributed by atoms with Crippen molar-refractivity contribution in [3.8, 4) is 5.75 Å². The van der Waals surface area contributed by atoms with Crippen LogP contribution in [-0.4, -0.2) is 13.1 Å². The maximum Gasteiger partial charge on any atom is 0.348 e. The van der Waals surface area contributed by atoms with E-state index in [4.69, 9.17) is 9.47 Å². The SMILES string of the molecule is COC1(C)C(=O)Oc2ccccc21. The highest BCUT2D eigenvalue weighted by atomic mass is 16.6. The van der Waals surface area contributed by atoms with Crippen LogP contribution in [0.4, 0.5) is 0 Å². The zero-order chi connectivity index (χ0) is 9.47. The Labute approximate surface area is 76.3 Å². The fourth-order valence-corrected chi connectivity index (χ4v) is 1.45. The lowest BCUT2D eigenvalue weighted by Gasteiger charge is -2.17. The molecule has 1 aliphatic heterocycles. The first-order valence-electron chi connectivity index (χ1n) is 4.05. The van der Waals surface area contributed by atoms with Crippen molar-refractivity contribution < 1.29 is 14.3 Å². The van der Waals surface area contributed by atoms with Crippen LogP contribution in [0.15, 0.2) is 24.3 Å². The van der Waals surface area contributed by atoms with E-state index in [1.54, 1.807) is 13.0 Å². The summed E-state index contributed by atoms with van der Waals surface area (Å²) < 4.78 is 10.2. The van der Waals surface area contributed by atoms with Crippen LogP contribution in [0.5, 0.6) is 5.75 Å².